The highest BCUT2D eigenvalue weighted by Gasteiger charge is 2.07. The van der Waals surface area contributed by atoms with E-state index in [1.54, 1.807) is 0 Å². The number of aromatic nitrogens is 4. The maximum Gasteiger partial charge on any atom is 0.197 e. The first-order valence-corrected chi connectivity index (χ1v) is 5.94. The highest BCUT2D eigenvalue weighted by Crippen LogP contribution is 2.24. The monoisotopic (exact) mass is 284 g/mol. The van der Waals surface area contributed by atoms with E-state index >= 15 is 0 Å². The molecular formula is C9H9BrN4S. The minimum absolute atomic E-state index is 0.825. The van der Waals surface area contributed by atoms with Crippen molar-refractivity contribution in [3.05, 3.63) is 28.6 Å². The Labute approximate surface area is 100 Å². The van der Waals surface area contributed by atoms with Gasteiger partial charge in [-0.3, -0.25) is 0 Å². The van der Waals surface area contributed by atoms with Crippen molar-refractivity contribution in [1.29, 1.82) is 0 Å². The number of nitrogens with zero attached hydrogens (tertiary/aromatic N) is 4. The fraction of sp³-hybridized carbons (Fsp3) is 0.222. The van der Waals surface area contributed by atoms with Gasteiger partial charge in [-0.05, 0) is 46.7 Å². The summed E-state index contributed by atoms with van der Waals surface area (Å²) >= 11 is 4.83. The van der Waals surface area contributed by atoms with Crippen LogP contribution in [0.2, 0.25) is 0 Å². The Balaban J connectivity index is 2.26. The van der Waals surface area contributed by atoms with E-state index in [4.69, 9.17) is 0 Å². The van der Waals surface area contributed by atoms with Crippen LogP contribution in [0.5, 0.6) is 0 Å². The molecule has 6 heteroatoms. The summed E-state index contributed by atoms with van der Waals surface area (Å²) < 4.78 is 2.76. The van der Waals surface area contributed by atoms with Gasteiger partial charge >= 0.3 is 0 Å². The van der Waals surface area contributed by atoms with E-state index in [9.17, 15) is 0 Å². The van der Waals surface area contributed by atoms with E-state index in [2.05, 4.69) is 31.1 Å². The average Bonchev–Trinajstić information content (AvgIpc) is 2.50. The van der Waals surface area contributed by atoms with Gasteiger partial charge in [0.25, 0.3) is 0 Å². The second-order valence-corrected chi connectivity index (χ2v) is 4.79. The summed E-state index contributed by atoms with van der Waals surface area (Å²) in [6, 6.07) is 5.79. The molecule has 0 bridgehead atoms. The summed E-state index contributed by atoms with van der Waals surface area (Å²) in [6.45, 7) is 1.92. The highest BCUT2D eigenvalue weighted by molar-refractivity contribution is 9.10. The van der Waals surface area contributed by atoms with Crippen molar-refractivity contribution in [2.75, 3.05) is 0 Å². The van der Waals surface area contributed by atoms with Crippen LogP contribution in [0.15, 0.2) is 33.0 Å². The van der Waals surface area contributed by atoms with Crippen LogP contribution < -0.4 is 0 Å². The first-order chi connectivity index (χ1) is 7.16. The molecule has 78 valence electrons. The minimum atomic E-state index is 0.825. The van der Waals surface area contributed by atoms with E-state index in [-0.39, 0.29) is 0 Å². The third kappa shape index (κ3) is 2.38. The summed E-state index contributed by atoms with van der Waals surface area (Å²) in [4.78, 5) is 4.32. The molecule has 2 rings (SSSR count). The number of pyridine rings is 1. The van der Waals surface area contributed by atoms with E-state index in [0.717, 1.165) is 20.6 Å². The zero-order chi connectivity index (χ0) is 10.8. The van der Waals surface area contributed by atoms with Crippen molar-refractivity contribution in [2.45, 2.75) is 17.1 Å². The lowest BCUT2D eigenvalue weighted by Crippen LogP contribution is -1.93. The molecule has 0 radical (unpaired) electrons. The maximum absolute atomic E-state index is 4.32. The molecule has 0 saturated carbocycles. The molecule has 0 amide bonds. The van der Waals surface area contributed by atoms with Gasteiger partial charge in [-0.2, -0.15) is 0 Å². The van der Waals surface area contributed by atoms with E-state index in [1.165, 1.54) is 11.8 Å². The van der Waals surface area contributed by atoms with Crippen LogP contribution in [-0.4, -0.2) is 19.7 Å². The number of hydrogen-bond donors (Lipinski definition) is 0. The van der Waals surface area contributed by atoms with Crippen LogP contribution in [0.3, 0.4) is 0 Å². The van der Waals surface area contributed by atoms with E-state index in [1.807, 2.05) is 36.7 Å². The van der Waals surface area contributed by atoms with E-state index in [0.29, 0.717) is 0 Å². The quantitative estimate of drug-likeness (QED) is 0.795. The molecule has 4 nitrogen and oxygen atoms in total. The van der Waals surface area contributed by atoms with Crippen LogP contribution in [0.1, 0.15) is 5.82 Å². The molecule has 0 atom stereocenters. The molecule has 0 aliphatic heterocycles. The summed E-state index contributed by atoms with van der Waals surface area (Å²) in [5, 5.41) is 9.80. The molecule has 0 spiro atoms. The first-order valence-electron chi connectivity index (χ1n) is 4.33. The number of hydrogen-bond acceptors (Lipinski definition) is 4. The smallest absolute Gasteiger partial charge is 0.197 e. The Morgan fingerprint density at radius 1 is 1.33 bits per heavy atom. The van der Waals surface area contributed by atoms with E-state index < -0.39 is 0 Å². The molecular weight excluding hydrogens is 276 g/mol. The van der Waals surface area contributed by atoms with Gasteiger partial charge in [0.05, 0.1) is 0 Å². The lowest BCUT2D eigenvalue weighted by Gasteiger charge is -2.00. The predicted octanol–water partition coefficient (Wildman–Crippen LogP) is 2.43. The van der Waals surface area contributed by atoms with Gasteiger partial charge in [0, 0.05) is 7.05 Å². The Hall–Kier alpha value is -0.880. The summed E-state index contributed by atoms with van der Waals surface area (Å²) in [7, 11) is 1.94. The zero-order valence-corrected chi connectivity index (χ0v) is 10.7. The molecule has 0 N–H and O–H groups in total. The SMILES string of the molecule is Cc1nnc(Sc2cccc(Br)n2)n1C. The van der Waals surface area contributed by atoms with Crippen LogP contribution in [0.4, 0.5) is 0 Å². The van der Waals surface area contributed by atoms with Crippen LogP contribution in [-0.2, 0) is 7.05 Å². The number of halogens is 1. The van der Waals surface area contributed by atoms with Gasteiger partial charge in [0.1, 0.15) is 15.5 Å². The normalized spacial score (nSPS) is 10.6. The third-order valence-electron chi connectivity index (χ3n) is 1.94. The lowest BCUT2D eigenvalue weighted by atomic mass is 10.5. The summed E-state index contributed by atoms with van der Waals surface area (Å²) in [5.41, 5.74) is 0. The van der Waals surface area contributed by atoms with Crippen LogP contribution >= 0.6 is 27.7 Å². The lowest BCUT2D eigenvalue weighted by molar-refractivity contribution is 0.764. The van der Waals surface area contributed by atoms with Crippen molar-refractivity contribution in [2.24, 2.45) is 7.05 Å². The maximum atomic E-state index is 4.32. The van der Waals surface area contributed by atoms with Crippen molar-refractivity contribution in [3.8, 4) is 0 Å². The van der Waals surface area contributed by atoms with Gasteiger partial charge in [-0.15, -0.1) is 10.2 Å². The Morgan fingerprint density at radius 3 is 2.73 bits per heavy atom. The molecule has 0 fully saturated rings. The van der Waals surface area contributed by atoms with Gasteiger partial charge in [-0.1, -0.05) is 6.07 Å². The van der Waals surface area contributed by atoms with Gasteiger partial charge < -0.3 is 4.57 Å². The first kappa shape index (κ1) is 10.6. The standard InChI is InChI=1S/C9H9BrN4S/c1-6-12-13-9(14(6)2)15-8-5-3-4-7(10)11-8/h3-5H,1-2H3. The second kappa shape index (κ2) is 4.32. The summed E-state index contributed by atoms with van der Waals surface area (Å²) in [5.74, 6) is 0.896. The fourth-order valence-corrected chi connectivity index (χ4v) is 2.31. The zero-order valence-electron chi connectivity index (χ0n) is 8.31. The van der Waals surface area contributed by atoms with Crippen molar-refractivity contribution in [1.82, 2.24) is 19.7 Å². The molecule has 2 aromatic rings. The van der Waals surface area contributed by atoms with Crippen molar-refractivity contribution < 1.29 is 0 Å². The molecule has 0 unspecified atom stereocenters. The fourth-order valence-electron chi connectivity index (χ4n) is 1.02. The van der Waals surface area contributed by atoms with Gasteiger partial charge in [-0.25, -0.2) is 4.98 Å². The molecule has 0 aliphatic carbocycles. The molecule has 15 heavy (non-hydrogen) atoms. The summed E-state index contributed by atoms with van der Waals surface area (Å²) in [6.07, 6.45) is 0. The minimum Gasteiger partial charge on any atom is -0.309 e. The third-order valence-corrected chi connectivity index (χ3v) is 3.35. The molecule has 2 heterocycles. The van der Waals surface area contributed by atoms with Gasteiger partial charge in [0.2, 0.25) is 0 Å². The topological polar surface area (TPSA) is 43.6 Å². The van der Waals surface area contributed by atoms with Crippen LogP contribution in [0.25, 0.3) is 0 Å². The Kier molecular flexibility index (Phi) is 3.06. The predicted molar refractivity (Wildman–Crippen MR) is 61.8 cm³/mol. The average molecular weight is 285 g/mol. The molecule has 0 aromatic carbocycles. The Morgan fingerprint density at radius 2 is 2.13 bits per heavy atom. The number of rotatable bonds is 2. The van der Waals surface area contributed by atoms with Gasteiger partial charge in [0.15, 0.2) is 5.16 Å². The number of aryl methyl sites for hydroxylation is 1. The van der Waals surface area contributed by atoms with Crippen LogP contribution in [0, 0.1) is 6.92 Å². The second-order valence-electron chi connectivity index (χ2n) is 2.99. The molecule has 2 aromatic heterocycles. The molecule has 0 saturated heterocycles. The van der Waals surface area contributed by atoms with Crippen molar-refractivity contribution >= 4 is 27.7 Å². The molecule has 0 aliphatic rings. The van der Waals surface area contributed by atoms with Crippen molar-refractivity contribution in [3.63, 3.8) is 0 Å². The highest BCUT2D eigenvalue weighted by atomic mass is 79.9. The largest absolute Gasteiger partial charge is 0.309 e. The Bertz CT molecular complexity index is 483.